The van der Waals surface area contributed by atoms with E-state index < -0.39 is 9.84 Å². The molecule has 3 unspecified atom stereocenters. The van der Waals surface area contributed by atoms with Crippen molar-refractivity contribution in [2.24, 2.45) is 11.7 Å². The van der Waals surface area contributed by atoms with Crippen molar-refractivity contribution in [3.63, 3.8) is 0 Å². The van der Waals surface area contributed by atoms with E-state index >= 15 is 0 Å². The Morgan fingerprint density at radius 2 is 2.30 bits per heavy atom. The zero-order chi connectivity index (χ0) is 14.8. The minimum absolute atomic E-state index is 0.00594. The molecule has 0 aliphatic carbocycles. The lowest BCUT2D eigenvalue weighted by molar-refractivity contribution is 0.451. The van der Waals surface area contributed by atoms with Gasteiger partial charge in [-0.05, 0) is 38.2 Å². The molecule has 2 rings (SSSR count). The lowest BCUT2D eigenvalue weighted by atomic mass is 9.97. The number of hydrogen-bond donors (Lipinski definition) is 1. The van der Waals surface area contributed by atoms with Crippen LogP contribution in [0.15, 0.2) is 12.3 Å². The molecule has 0 radical (unpaired) electrons. The van der Waals surface area contributed by atoms with Crippen LogP contribution in [0.5, 0.6) is 0 Å². The van der Waals surface area contributed by atoms with Gasteiger partial charge in [-0.15, -0.1) is 0 Å². The van der Waals surface area contributed by atoms with E-state index in [0.29, 0.717) is 17.5 Å². The maximum absolute atomic E-state index is 11.4. The third-order valence-corrected chi connectivity index (χ3v) is 5.98. The molecular formula is C14H25N3O2S. The molecule has 114 valence electrons. The molecule has 0 saturated carbocycles. The summed E-state index contributed by atoms with van der Waals surface area (Å²) in [7, 11) is -2.80. The molecule has 20 heavy (non-hydrogen) atoms. The molecule has 1 fully saturated rings. The van der Waals surface area contributed by atoms with Crippen molar-refractivity contribution in [2.45, 2.75) is 51.6 Å². The number of rotatable bonds is 6. The van der Waals surface area contributed by atoms with Crippen molar-refractivity contribution >= 4 is 9.84 Å². The van der Waals surface area contributed by atoms with Crippen LogP contribution in [0.4, 0.5) is 0 Å². The van der Waals surface area contributed by atoms with Crippen molar-refractivity contribution < 1.29 is 8.42 Å². The standard InChI is InChI=1S/C14H25N3O2S/c1-3-11(2)17-6-4-14(16-17)9-13(15)8-12-5-7-20(18,19)10-12/h4,6,11-13H,3,5,7-10,15H2,1-2H3. The van der Waals surface area contributed by atoms with Gasteiger partial charge in [0.1, 0.15) is 0 Å². The van der Waals surface area contributed by atoms with E-state index in [0.717, 1.165) is 31.4 Å². The summed E-state index contributed by atoms with van der Waals surface area (Å²) in [5.74, 6) is 0.862. The fourth-order valence-electron chi connectivity index (χ4n) is 2.76. The summed E-state index contributed by atoms with van der Waals surface area (Å²) in [6.07, 6.45) is 5.30. The molecule has 1 aromatic heterocycles. The van der Waals surface area contributed by atoms with Gasteiger partial charge in [-0.2, -0.15) is 5.10 Å². The molecule has 0 spiro atoms. The van der Waals surface area contributed by atoms with Crippen LogP contribution in [0, 0.1) is 5.92 Å². The minimum Gasteiger partial charge on any atom is -0.327 e. The lowest BCUT2D eigenvalue weighted by Gasteiger charge is -2.14. The number of aromatic nitrogens is 2. The summed E-state index contributed by atoms with van der Waals surface area (Å²) < 4.78 is 24.8. The topological polar surface area (TPSA) is 78.0 Å². The fourth-order valence-corrected chi connectivity index (χ4v) is 4.64. The Balaban J connectivity index is 1.85. The van der Waals surface area contributed by atoms with Crippen LogP contribution in [-0.2, 0) is 16.3 Å². The van der Waals surface area contributed by atoms with Crippen molar-refractivity contribution in [3.05, 3.63) is 18.0 Å². The Kier molecular flexibility index (Phi) is 4.86. The van der Waals surface area contributed by atoms with E-state index in [9.17, 15) is 8.42 Å². The Morgan fingerprint density at radius 3 is 2.90 bits per heavy atom. The zero-order valence-electron chi connectivity index (χ0n) is 12.3. The summed E-state index contributed by atoms with van der Waals surface area (Å²) in [5.41, 5.74) is 7.15. The van der Waals surface area contributed by atoms with Gasteiger partial charge in [0, 0.05) is 24.7 Å². The Labute approximate surface area is 121 Å². The van der Waals surface area contributed by atoms with Gasteiger partial charge in [0.05, 0.1) is 17.2 Å². The van der Waals surface area contributed by atoms with Gasteiger partial charge in [0.15, 0.2) is 9.84 Å². The van der Waals surface area contributed by atoms with Crippen molar-refractivity contribution in [3.8, 4) is 0 Å². The Hall–Kier alpha value is -0.880. The van der Waals surface area contributed by atoms with Crippen LogP contribution < -0.4 is 5.73 Å². The van der Waals surface area contributed by atoms with Crippen LogP contribution in [0.3, 0.4) is 0 Å². The number of hydrogen-bond acceptors (Lipinski definition) is 4. The normalized spacial score (nSPS) is 24.6. The van der Waals surface area contributed by atoms with Crippen LogP contribution >= 0.6 is 0 Å². The van der Waals surface area contributed by atoms with Gasteiger partial charge in [-0.1, -0.05) is 6.92 Å². The van der Waals surface area contributed by atoms with Gasteiger partial charge in [-0.25, -0.2) is 8.42 Å². The van der Waals surface area contributed by atoms with Crippen molar-refractivity contribution in [1.29, 1.82) is 0 Å². The summed E-state index contributed by atoms with van der Waals surface area (Å²) in [6.45, 7) is 4.28. The smallest absolute Gasteiger partial charge is 0.150 e. The highest BCUT2D eigenvalue weighted by Gasteiger charge is 2.29. The second-order valence-electron chi connectivity index (χ2n) is 6.01. The van der Waals surface area contributed by atoms with Gasteiger partial charge in [0.25, 0.3) is 0 Å². The average molecular weight is 299 g/mol. The van der Waals surface area contributed by atoms with Crippen molar-refractivity contribution in [2.75, 3.05) is 11.5 Å². The molecule has 2 N–H and O–H groups in total. The maximum atomic E-state index is 11.4. The number of sulfone groups is 1. The second kappa shape index (κ2) is 6.26. The molecule has 2 heterocycles. The van der Waals surface area contributed by atoms with Gasteiger partial charge in [-0.3, -0.25) is 4.68 Å². The molecule has 0 amide bonds. The van der Waals surface area contributed by atoms with E-state index in [2.05, 4.69) is 18.9 Å². The number of nitrogens with two attached hydrogens (primary N) is 1. The first kappa shape index (κ1) is 15.5. The van der Waals surface area contributed by atoms with Crippen LogP contribution in [0.25, 0.3) is 0 Å². The molecule has 0 aromatic carbocycles. The first-order chi connectivity index (χ1) is 9.39. The number of nitrogens with zero attached hydrogens (tertiary/aromatic N) is 2. The first-order valence-electron chi connectivity index (χ1n) is 7.39. The molecule has 3 atom stereocenters. The second-order valence-corrected chi connectivity index (χ2v) is 8.24. The summed E-state index contributed by atoms with van der Waals surface area (Å²) in [4.78, 5) is 0. The molecule has 1 aromatic rings. The summed E-state index contributed by atoms with van der Waals surface area (Å²) >= 11 is 0. The third kappa shape index (κ3) is 4.06. The van der Waals surface area contributed by atoms with E-state index in [1.807, 2.05) is 16.9 Å². The summed E-state index contributed by atoms with van der Waals surface area (Å²) in [5, 5.41) is 4.54. The van der Waals surface area contributed by atoms with Crippen molar-refractivity contribution in [1.82, 2.24) is 9.78 Å². The maximum Gasteiger partial charge on any atom is 0.150 e. The quantitative estimate of drug-likeness (QED) is 0.864. The fraction of sp³-hybridized carbons (Fsp3) is 0.786. The highest BCUT2D eigenvalue weighted by Crippen LogP contribution is 2.23. The van der Waals surface area contributed by atoms with Crippen LogP contribution in [0.2, 0.25) is 0 Å². The van der Waals surface area contributed by atoms with Crippen LogP contribution in [-0.4, -0.2) is 35.7 Å². The minimum atomic E-state index is -2.80. The van der Waals surface area contributed by atoms with Gasteiger partial charge >= 0.3 is 0 Å². The molecule has 1 aliphatic heterocycles. The van der Waals surface area contributed by atoms with Gasteiger partial charge in [0.2, 0.25) is 0 Å². The predicted molar refractivity (Wildman–Crippen MR) is 80.3 cm³/mol. The molecular weight excluding hydrogens is 274 g/mol. The SMILES string of the molecule is CCC(C)n1ccc(CC(N)CC2CCS(=O)(=O)C2)n1. The largest absolute Gasteiger partial charge is 0.327 e. The molecule has 1 saturated heterocycles. The zero-order valence-corrected chi connectivity index (χ0v) is 13.1. The Morgan fingerprint density at radius 1 is 1.55 bits per heavy atom. The molecule has 0 bridgehead atoms. The van der Waals surface area contributed by atoms with E-state index in [4.69, 9.17) is 5.73 Å². The molecule has 5 nitrogen and oxygen atoms in total. The van der Waals surface area contributed by atoms with Gasteiger partial charge < -0.3 is 5.73 Å². The van der Waals surface area contributed by atoms with E-state index in [1.165, 1.54) is 0 Å². The van der Waals surface area contributed by atoms with E-state index in [1.54, 1.807) is 0 Å². The highest BCUT2D eigenvalue weighted by atomic mass is 32.2. The predicted octanol–water partition coefficient (Wildman–Crippen LogP) is 1.55. The monoisotopic (exact) mass is 299 g/mol. The highest BCUT2D eigenvalue weighted by molar-refractivity contribution is 7.91. The van der Waals surface area contributed by atoms with Crippen LogP contribution in [0.1, 0.15) is 44.8 Å². The third-order valence-electron chi connectivity index (χ3n) is 4.14. The van der Waals surface area contributed by atoms with E-state index in [-0.39, 0.29) is 12.0 Å². The molecule has 1 aliphatic rings. The summed E-state index contributed by atoms with van der Waals surface area (Å²) in [6, 6.07) is 2.41. The Bertz CT molecular complexity index is 538. The average Bonchev–Trinajstić information content (AvgIpc) is 2.95. The lowest BCUT2D eigenvalue weighted by Crippen LogP contribution is -2.27. The molecule has 6 heteroatoms. The first-order valence-corrected chi connectivity index (χ1v) is 9.21.